The van der Waals surface area contributed by atoms with Crippen molar-refractivity contribution < 1.29 is 9.47 Å². The molecule has 2 aromatic carbocycles. The SMILES string of the molecule is CNCc1cc(Cl)cc(Br)c1OCCOc1ccc(C(C)C)cc1. The van der Waals surface area contributed by atoms with Crippen molar-refractivity contribution in [2.45, 2.75) is 26.3 Å². The number of benzene rings is 2. The van der Waals surface area contributed by atoms with Crippen LogP contribution in [0.4, 0.5) is 0 Å². The summed E-state index contributed by atoms with van der Waals surface area (Å²) in [5, 5.41) is 3.80. The first-order valence-electron chi connectivity index (χ1n) is 7.99. The van der Waals surface area contributed by atoms with Crippen LogP contribution in [0, 0.1) is 0 Å². The zero-order valence-electron chi connectivity index (χ0n) is 14.2. The molecule has 5 heteroatoms. The van der Waals surface area contributed by atoms with Crippen molar-refractivity contribution in [1.82, 2.24) is 5.32 Å². The third kappa shape index (κ3) is 5.40. The molecule has 0 amide bonds. The number of hydrogen-bond acceptors (Lipinski definition) is 3. The van der Waals surface area contributed by atoms with Crippen LogP contribution in [-0.2, 0) is 6.54 Å². The fourth-order valence-corrected chi connectivity index (χ4v) is 3.34. The van der Waals surface area contributed by atoms with E-state index in [0.717, 1.165) is 21.5 Å². The Morgan fingerprint density at radius 2 is 1.75 bits per heavy atom. The largest absolute Gasteiger partial charge is 0.490 e. The molecule has 24 heavy (non-hydrogen) atoms. The Balaban J connectivity index is 1.90. The van der Waals surface area contributed by atoms with Gasteiger partial charge in [0.15, 0.2) is 0 Å². The summed E-state index contributed by atoms with van der Waals surface area (Å²) in [4.78, 5) is 0. The molecule has 2 aromatic rings. The van der Waals surface area contributed by atoms with Gasteiger partial charge in [-0.3, -0.25) is 0 Å². The highest BCUT2D eigenvalue weighted by Crippen LogP contribution is 2.32. The third-order valence-electron chi connectivity index (χ3n) is 3.60. The lowest BCUT2D eigenvalue weighted by Crippen LogP contribution is -2.12. The molecule has 0 bridgehead atoms. The quantitative estimate of drug-likeness (QED) is 0.589. The Labute approximate surface area is 157 Å². The van der Waals surface area contributed by atoms with E-state index in [4.69, 9.17) is 21.1 Å². The van der Waals surface area contributed by atoms with E-state index in [9.17, 15) is 0 Å². The van der Waals surface area contributed by atoms with Crippen molar-refractivity contribution in [2.24, 2.45) is 0 Å². The molecule has 0 saturated heterocycles. The van der Waals surface area contributed by atoms with Crippen LogP contribution >= 0.6 is 27.5 Å². The van der Waals surface area contributed by atoms with Crippen molar-refractivity contribution in [3.63, 3.8) is 0 Å². The van der Waals surface area contributed by atoms with Gasteiger partial charge in [-0.25, -0.2) is 0 Å². The summed E-state index contributed by atoms with van der Waals surface area (Å²) in [6, 6.07) is 11.9. The van der Waals surface area contributed by atoms with Crippen LogP contribution in [-0.4, -0.2) is 20.3 Å². The van der Waals surface area contributed by atoms with Gasteiger partial charge in [0.1, 0.15) is 24.7 Å². The van der Waals surface area contributed by atoms with Crippen molar-refractivity contribution in [2.75, 3.05) is 20.3 Å². The standard InChI is InChI=1S/C19H23BrClNO2/c1-13(2)14-4-6-17(7-5-14)23-8-9-24-19-15(12-22-3)10-16(21)11-18(19)20/h4-7,10-11,13,22H,8-9,12H2,1-3H3. The van der Waals surface area contributed by atoms with Crippen molar-refractivity contribution >= 4 is 27.5 Å². The Morgan fingerprint density at radius 3 is 2.38 bits per heavy atom. The zero-order valence-corrected chi connectivity index (χ0v) is 16.6. The molecular formula is C19H23BrClNO2. The number of halogens is 2. The average molecular weight is 413 g/mol. The maximum Gasteiger partial charge on any atom is 0.138 e. The molecule has 0 radical (unpaired) electrons. The monoisotopic (exact) mass is 411 g/mol. The predicted octanol–water partition coefficient (Wildman–Crippen LogP) is 5.40. The Hall–Kier alpha value is -1.23. The number of rotatable bonds is 8. The normalized spacial score (nSPS) is 10.9. The van der Waals surface area contributed by atoms with Crippen LogP contribution in [0.2, 0.25) is 5.02 Å². The van der Waals surface area contributed by atoms with Crippen molar-refractivity contribution in [1.29, 1.82) is 0 Å². The summed E-state index contributed by atoms with van der Waals surface area (Å²) in [5.74, 6) is 2.18. The maximum atomic E-state index is 6.10. The number of ether oxygens (including phenoxy) is 2. The van der Waals surface area contributed by atoms with E-state index in [2.05, 4.69) is 47.2 Å². The van der Waals surface area contributed by atoms with E-state index in [0.29, 0.717) is 30.7 Å². The Kier molecular flexibility index (Phi) is 7.40. The molecule has 0 saturated carbocycles. The minimum atomic E-state index is 0.461. The van der Waals surface area contributed by atoms with Crippen molar-refractivity contribution in [3.05, 3.63) is 57.0 Å². The van der Waals surface area contributed by atoms with E-state index in [1.54, 1.807) is 0 Å². The van der Waals surface area contributed by atoms with Gasteiger partial charge in [0, 0.05) is 17.1 Å². The molecule has 0 aromatic heterocycles. The topological polar surface area (TPSA) is 30.5 Å². The molecule has 0 aliphatic rings. The first-order chi connectivity index (χ1) is 11.5. The van der Waals surface area contributed by atoms with Crippen LogP contribution < -0.4 is 14.8 Å². The highest BCUT2D eigenvalue weighted by Gasteiger charge is 2.10. The second-order valence-electron chi connectivity index (χ2n) is 5.83. The molecule has 3 nitrogen and oxygen atoms in total. The fourth-order valence-electron chi connectivity index (χ4n) is 2.35. The number of nitrogens with one attached hydrogen (secondary N) is 1. The van der Waals surface area contributed by atoms with E-state index in [-0.39, 0.29) is 0 Å². The summed E-state index contributed by atoms with van der Waals surface area (Å²) < 4.78 is 12.5. The first-order valence-corrected chi connectivity index (χ1v) is 9.16. The van der Waals surface area contributed by atoms with E-state index < -0.39 is 0 Å². The molecular weight excluding hydrogens is 390 g/mol. The van der Waals surface area contributed by atoms with Gasteiger partial charge in [0.2, 0.25) is 0 Å². The summed E-state index contributed by atoms with van der Waals surface area (Å²) in [6.07, 6.45) is 0. The minimum absolute atomic E-state index is 0.461. The van der Waals surface area contributed by atoms with Gasteiger partial charge in [0.05, 0.1) is 4.47 Å². The second-order valence-corrected chi connectivity index (χ2v) is 7.12. The summed E-state index contributed by atoms with van der Waals surface area (Å²) >= 11 is 9.60. The van der Waals surface area contributed by atoms with Crippen LogP contribution in [0.3, 0.4) is 0 Å². The summed E-state index contributed by atoms with van der Waals surface area (Å²) in [5.41, 5.74) is 2.32. The summed E-state index contributed by atoms with van der Waals surface area (Å²) in [6.45, 7) is 5.98. The van der Waals surface area contributed by atoms with Crippen LogP contribution in [0.5, 0.6) is 11.5 Å². The zero-order chi connectivity index (χ0) is 17.5. The Bertz CT molecular complexity index is 659. The van der Waals surface area contributed by atoms with Gasteiger partial charge in [-0.05, 0) is 58.7 Å². The molecule has 0 aliphatic carbocycles. The lowest BCUT2D eigenvalue weighted by Gasteiger charge is -2.14. The number of hydrogen-bond donors (Lipinski definition) is 1. The highest BCUT2D eigenvalue weighted by atomic mass is 79.9. The molecule has 2 rings (SSSR count). The molecule has 0 spiro atoms. The maximum absolute atomic E-state index is 6.10. The molecule has 0 aliphatic heterocycles. The highest BCUT2D eigenvalue weighted by molar-refractivity contribution is 9.10. The average Bonchev–Trinajstić information content (AvgIpc) is 2.54. The van der Waals surface area contributed by atoms with Gasteiger partial charge in [-0.15, -0.1) is 0 Å². The van der Waals surface area contributed by atoms with Crippen LogP contribution in [0.15, 0.2) is 40.9 Å². The Morgan fingerprint density at radius 1 is 1.08 bits per heavy atom. The molecule has 0 unspecified atom stereocenters. The van der Waals surface area contributed by atoms with Gasteiger partial charge in [-0.1, -0.05) is 37.6 Å². The van der Waals surface area contributed by atoms with Gasteiger partial charge in [-0.2, -0.15) is 0 Å². The smallest absolute Gasteiger partial charge is 0.138 e. The minimum Gasteiger partial charge on any atom is -0.490 e. The van der Waals surface area contributed by atoms with Crippen LogP contribution in [0.1, 0.15) is 30.9 Å². The van der Waals surface area contributed by atoms with Crippen LogP contribution in [0.25, 0.3) is 0 Å². The van der Waals surface area contributed by atoms with Gasteiger partial charge < -0.3 is 14.8 Å². The lowest BCUT2D eigenvalue weighted by atomic mass is 10.0. The molecule has 0 atom stereocenters. The van der Waals surface area contributed by atoms with Crippen molar-refractivity contribution in [3.8, 4) is 11.5 Å². The third-order valence-corrected chi connectivity index (χ3v) is 4.41. The van der Waals surface area contributed by atoms with Gasteiger partial charge >= 0.3 is 0 Å². The molecule has 130 valence electrons. The molecule has 1 N–H and O–H groups in total. The van der Waals surface area contributed by atoms with E-state index in [1.807, 2.05) is 31.3 Å². The predicted molar refractivity (Wildman–Crippen MR) is 103 cm³/mol. The molecule has 0 heterocycles. The van der Waals surface area contributed by atoms with E-state index >= 15 is 0 Å². The lowest BCUT2D eigenvalue weighted by molar-refractivity contribution is 0.215. The second kappa shape index (κ2) is 9.30. The van der Waals surface area contributed by atoms with Gasteiger partial charge in [0.25, 0.3) is 0 Å². The fraction of sp³-hybridized carbons (Fsp3) is 0.368. The first kappa shape index (κ1) is 19.1. The molecule has 0 fully saturated rings. The summed E-state index contributed by atoms with van der Waals surface area (Å²) in [7, 11) is 1.89. The van der Waals surface area contributed by atoms with E-state index in [1.165, 1.54) is 5.56 Å².